The Bertz CT molecular complexity index is 464. The summed E-state index contributed by atoms with van der Waals surface area (Å²) >= 11 is 3.29. The molecular formula is C14H21BrN2O3. The minimum Gasteiger partial charge on any atom is -0.396 e. The van der Waals surface area contributed by atoms with Crippen LogP contribution in [-0.2, 0) is 6.54 Å². The summed E-state index contributed by atoms with van der Waals surface area (Å²) < 4.78 is 0.711. The van der Waals surface area contributed by atoms with Crippen molar-refractivity contribution in [2.24, 2.45) is 5.41 Å². The van der Waals surface area contributed by atoms with Crippen LogP contribution in [0.25, 0.3) is 0 Å². The molecule has 0 bridgehead atoms. The predicted molar refractivity (Wildman–Crippen MR) is 82.6 cm³/mol. The Kier molecular flexibility index (Phi) is 6.58. The van der Waals surface area contributed by atoms with Crippen molar-refractivity contribution < 1.29 is 10.0 Å². The second kappa shape index (κ2) is 7.71. The highest BCUT2D eigenvalue weighted by Crippen LogP contribution is 2.23. The summed E-state index contributed by atoms with van der Waals surface area (Å²) in [5.41, 5.74) is 1.07. The van der Waals surface area contributed by atoms with E-state index in [0.717, 1.165) is 24.9 Å². The van der Waals surface area contributed by atoms with Crippen molar-refractivity contribution in [2.45, 2.75) is 33.2 Å². The van der Waals surface area contributed by atoms with Crippen molar-refractivity contribution in [3.63, 3.8) is 0 Å². The van der Waals surface area contributed by atoms with Gasteiger partial charge in [-0.25, -0.2) is 0 Å². The summed E-state index contributed by atoms with van der Waals surface area (Å²) in [6.45, 7) is 5.87. The number of nitrogens with zero attached hydrogens (tertiary/aromatic N) is 1. The highest BCUT2D eigenvalue weighted by Gasteiger charge is 2.17. The third-order valence-corrected chi connectivity index (χ3v) is 3.56. The average Bonchev–Trinajstić information content (AvgIpc) is 2.35. The fourth-order valence-corrected chi connectivity index (χ4v) is 2.56. The van der Waals surface area contributed by atoms with Gasteiger partial charge in [-0.05, 0) is 29.9 Å². The van der Waals surface area contributed by atoms with Gasteiger partial charge in [-0.3, -0.25) is 10.1 Å². The van der Waals surface area contributed by atoms with Crippen molar-refractivity contribution in [2.75, 3.05) is 13.2 Å². The Morgan fingerprint density at radius 1 is 1.40 bits per heavy atom. The van der Waals surface area contributed by atoms with Crippen LogP contribution in [0, 0.1) is 15.5 Å². The van der Waals surface area contributed by atoms with Crippen LogP contribution in [0.1, 0.15) is 32.3 Å². The summed E-state index contributed by atoms with van der Waals surface area (Å²) in [5.74, 6) is 0. The number of benzene rings is 1. The number of hydrogen-bond donors (Lipinski definition) is 2. The maximum Gasteiger partial charge on any atom is 0.270 e. The summed E-state index contributed by atoms with van der Waals surface area (Å²) in [6, 6.07) is 4.95. The first-order valence-corrected chi connectivity index (χ1v) is 7.39. The third kappa shape index (κ3) is 5.98. The molecule has 1 rings (SSSR count). The summed E-state index contributed by atoms with van der Waals surface area (Å²) in [5, 5.41) is 23.0. The van der Waals surface area contributed by atoms with Gasteiger partial charge in [-0.1, -0.05) is 29.8 Å². The molecule has 0 amide bonds. The molecular weight excluding hydrogens is 324 g/mol. The first-order chi connectivity index (χ1) is 9.34. The minimum absolute atomic E-state index is 0.0933. The van der Waals surface area contributed by atoms with E-state index in [-0.39, 0.29) is 22.6 Å². The Labute approximate surface area is 127 Å². The topological polar surface area (TPSA) is 75.4 Å². The standard InChI is InChI=1S/C14H21BrN2O3/c1-14(2,4-3-5-18)10-16-9-11-6-12(15)8-13(7-11)17(19)20/h6-8,16,18H,3-5,9-10H2,1-2H3. The normalized spacial score (nSPS) is 11.6. The number of nitro groups is 1. The first kappa shape index (κ1) is 17.1. The zero-order chi connectivity index (χ0) is 15.2. The Balaban J connectivity index is 2.55. The molecule has 0 aliphatic rings. The molecule has 0 fully saturated rings. The number of nitro benzene ring substituents is 1. The van der Waals surface area contributed by atoms with Gasteiger partial charge < -0.3 is 10.4 Å². The molecule has 0 heterocycles. The molecule has 0 saturated heterocycles. The Morgan fingerprint density at radius 3 is 2.70 bits per heavy atom. The molecule has 1 aromatic carbocycles. The van der Waals surface area contributed by atoms with Gasteiger partial charge >= 0.3 is 0 Å². The van der Waals surface area contributed by atoms with Gasteiger partial charge in [0.25, 0.3) is 5.69 Å². The molecule has 2 N–H and O–H groups in total. The van der Waals surface area contributed by atoms with Gasteiger partial charge in [0, 0.05) is 36.3 Å². The molecule has 20 heavy (non-hydrogen) atoms. The van der Waals surface area contributed by atoms with E-state index in [1.54, 1.807) is 6.07 Å². The molecule has 0 unspecified atom stereocenters. The van der Waals surface area contributed by atoms with Gasteiger partial charge in [0.2, 0.25) is 0 Å². The first-order valence-electron chi connectivity index (χ1n) is 6.59. The number of rotatable bonds is 8. The lowest BCUT2D eigenvalue weighted by atomic mass is 9.88. The lowest BCUT2D eigenvalue weighted by Crippen LogP contribution is -2.29. The zero-order valence-electron chi connectivity index (χ0n) is 11.9. The van der Waals surface area contributed by atoms with Gasteiger partial charge in [0.1, 0.15) is 0 Å². The monoisotopic (exact) mass is 344 g/mol. The fourth-order valence-electron chi connectivity index (χ4n) is 2.03. The minimum atomic E-state index is -0.389. The average molecular weight is 345 g/mol. The molecule has 0 radical (unpaired) electrons. The molecule has 6 heteroatoms. The highest BCUT2D eigenvalue weighted by molar-refractivity contribution is 9.10. The summed E-state index contributed by atoms with van der Waals surface area (Å²) in [4.78, 5) is 10.4. The van der Waals surface area contributed by atoms with Crippen LogP contribution in [0.4, 0.5) is 5.69 Å². The fraction of sp³-hybridized carbons (Fsp3) is 0.571. The Morgan fingerprint density at radius 2 is 2.10 bits per heavy atom. The van der Waals surface area contributed by atoms with Crippen molar-refractivity contribution in [3.8, 4) is 0 Å². The molecule has 0 aliphatic heterocycles. The molecule has 0 spiro atoms. The van der Waals surface area contributed by atoms with Gasteiger partial charge in [0.15, 0.2) is 0 Å². The number of nitrogens with one attached hydrogen (secondary N) is 1. The van der Waals surface area contributed by atoms with Crippen LogP contribution in [0.5, 0.6) is 0 Å². The van der Waals surface area contributed by atoms with Gasteiger partial charge in [-0.2, -0.15) is 0 Å². The summed E-state index contributed by atoms with van der Waals surface area (Å²) in [7, 11) is 0. The molecule has 1 aromatic rings. The maximum absolute atomic E-state index is 10.8. The van der Waals surface area contributed by atoms with Crippen LogP contribution >= 0.6 is 15.9 Å². The molecule has 0 aliphatic carbocycles. The number of aliphatic hydroxyl groups is 1. The smallest absolute Gasteiger partial charge is 0.270 e. The maximum atomic E-state index is 10.8. The number of aliphatic hydroxyl groups excluding tert-OH is 1. The summed E-state index contributed by atoms with van der Waals surface area (Å²) in [6.07, 6.45) is 1.73. The van der Waals surface area contributed by atoms with E-state index in [4.69, 9.17) is 5.11 Å². The molecule has 112 valence electrons. The predicted octanol–water partition coefficient (Wildman–Crippen LogP) is 3.25. The van der Waals surface area contributed by atoms with Gasteiger partial charge in [-0.15, -0.1) is 0 Å². The molecule has 0 atom stereocenters. The quantitative estimate of drug-likeness (QED) is 0.560. The largest absolute Gasteiger partial charge is 0.396 e. The van der Waals surface area contributed by atoms with E-state index in [1.807, 2.05) is 6.07 Å². The van der Waals surface area contributed by atoms with E-state index < -0.39 is 0 Å². The van der Waals surface area contributed by atoms with Crippen molar-refractivity contribution in [3.05, 3.63) is 38.3 Å². The Hall–Kier alpha value is -0.980. The van der Waals surface area contributed by atoms with E-state index in [2.05, 4.69) is 35.1 Å². The van der Waals surface area contributed by atoms with E-state index in [1.165, 1.54) is 6.07 Å². The van der Waals surface area contributed by atoms with Crippen LogP contribution in [0.15, 0.2) is 22.7 Å². The van der Waals surface area contributed by atoms with Crippen molar-refractivity contribution in [1.29, 1.82) is 0 Å². The number of halogens is 1. The number of hydrogen-bond acceptors (Lipinski definition) is 4. The molecule has 0 saturated carbocycles. The van der Waals surface area contributed by atoms with Crippen molar-refractivity contribution in [1.82, 2.24) is 5.32 Å². The van der Waals surface area contributed by atoms with Crippen LogP contribution in [0.3, 0.4) is 0 Å². The third-order valence-electron chi connectivity index (χ3n) is 3.10. The van der Waals surface area contributed by atoms with E-state index in [9.17, 15) is 10.1 Å². The SMILES string of the molecule is CC(C)(CCCO)CNCc1cc(Br)cc([N+](=O)[O-])c1. The van der Waals surface area contributed by atoms with Crippen LogP contribution in [-0.4, -0.2) is 23.2 Å². The van der Waals surface area contributed by atoms with Gasteiger partial charge in [0.05, 0.1) is 4.92 Å². The van der Waals surface area contributed by atoms with Crippen molar-refractivity contribution >= 4 is 21.6 Å². The molecule has 0 aromatic heterocycles. The van der Waals surface area contributed by atoms with Crippen LogP contribution < -0.4 is 5.32 Å². The second-order valence-corrected chi connectivity index (χ2v) is 6.59. The van der Waals surface area contributed by atoms with Crippen LogP contribution in [0.2, 0.25) is 0 Å². The lowest BCUT2D eigenvalue weighted by Gasteiger charge is -2.24. The van der Waals surface area contributed by atoms with E-state index >= 15 is 0 Å². The van der Waals surface area contributed by atoms with E-state index in [0.29, 0.717) is 11.0 Å². The lowest BCUT2D eigenvalue weighted by molar-refractivity contribution is -0.385. The zero-order valence-corrected chi connectivity index (χ0v) is 13.4. The molecule has 5 nitrogen and oxygen atoms in total. The highest BCUT2D eigenvalue weighted by atomic mass is 79.9. The second-order valence-electron chi connectivity index (χ2n) is 5.67. The number of non-ortho nitro benzene ring substituents is 1.